The van der Waals surface area contributed by atoms with E-state index in [2.05, 4.69) is 0 Å². The fourth-order valence-electron chi connectivity index (χ4n) is 5.70. The molecule has 1 heterocycles. The van der Waals surface area contributed by atoms with Crippen LogP contribution in [0.4, 0.5) is 13.2 Å². The first kappa shape index (κ1) is 33.3. The molecular formula is C35H33F3O8S. The van der Waals surface area contributed by atoms with E-state index in [1.54, 1.807) is 72.8 Å². The number of hydrogen-bond acceptors (Lipinski definition) is 8. The van der Waals surface area contributed by atoms with E-state index in [-0.39, 0.29) is 19.8 Å². The normalized spacial score (nSPS) is 26.1. The fourth-order valence-corrected chi connectivity index (χ4v) is 6.32. The van der Waals surface area contributed by atoms with Crippen molar-refractivity contribution < 1.29 is 49.5 Å². The van der Waals surface area contributed by atoms with Gasteiger partial charge >= 0.3 is 15.6 Å². The number of alkyl halides is 3. The van der Waals surface area contributed by atoms with Crippen LogP contribution in [0.2, 0.25) is 0 Å². The van der Waals surface area contributed by atoms with E-state index in [0.29, 0.717) is 16.7 Å². The van der Waals surface area contributed by atoms with Gasteiger partial charge in [-0.05, 0) is 16.7 Å². The van der Waals surface area contributed by atoms with E-state index in [4.69, 9.17) is 27.9 Å². The largest absolute Gasteiger partial charge is 0.523 e. The van der Waals surface area contributed by atoms with Gasteiger partial charge in [0.15, 0.2) is 6.29 Å². The minimum atomic E-state index is -6.11. The van der Waals surface area contributed by atoms with Gasteiger partial charge in [0.2, 0.25) is 0 Å². The predicted octanol–water partition coefficient (Wildman–Crippen LogP) is 6.47. The summed E-state index contributed by atoms with van der Waals surface area (Å²) in [6.45, 7) is -0.0737. The number of fused-ring (bicyclic) bond motifs is 2. The molecule has 8 nitrogen and oxygen atoms in total. The number of hydrogen-bond donors (Lipinski definition) is 0. The van der Waals surface area contributed by atoms with Gasteiger partial charge in [-0.3, -0.25) is 4.18 Å². The van der Waals surface area contributed by atoms with Crippen LogP contribution < -0.4 is 0 Å². The van der Waals surface area contributed by atoms with Crippen molar-refractivity contribution in [3.8, 4) is 0 Å². The second-order valence-electron chi connectivity index (χ2n) is 11.2. The van der Waals surface area contributed by atoms with Gasteiger partial charge in [-0.1, -0.05) is 121 Å². The lowest BCUT2D eigenvalue weighted by Crippen LogP contribution is -2.70. The number of benzene rings is 4. The smallest absolute Gasteiger partial charge is 0.368 e. The molecule has 0 N–H and O–H groups in total. The lowest BCUT2D eigenvalue weighted by Gasteiger charge is -2.53. The monoisotopic (exact) mass is 670 g/mol. The zero-order chi connectivity index (χ0) is 32.9. The molecule has 6 rings (SSSR count). The molecule has 0 spiro atoms. The van der Waals surface area contributed by atoms with Gasteiger partial charge in [0, 0.05) is 5.56 Å². The number of rotatable bonds is 12. The summed E-state index contributed by atoms with van der Waals surface area (Å²) in [6, 6.07) is 36.1. The van der Waals surface area contributed by atoms with Crippen molar-refractivity contribution in [1.82, 2.24) is 0 Å². The van der Waals surface area contributed by atoms with Gasteiger partial charge in [0.25, 0.3) is 0 Å². The topological polar surface area (TPSA) is 89.5 Å². The summed E-state index contributed by atoms with van der Waals surface area (Å²) >= 11 is 0. The van der Waals surface area contributed by atoms with Crippen LogP contribution in [0.25, 0.3) is 0 Å². The molecule has 47 heavy (non-hydrogen) atoms. The average molecular weight is 671 g/mol. The highest BCUT2D eigenvalue weighted by molar-refractivity contribution is 7.87. The molecule has 0 radical (unpaired) electrons. The maximum atomic E-state index is 13.8. The predicted molar refractivity (Wildman–Crippen MR) is 164 cm³/mol. The zero-order valence-corrected chi connectivity index (χ0v) is 25.8. The van der Waals surface area contributed by atoms with E-state index >= 15 is 0 Å². The summed E-state index contributed by atoms with van der Waals surface area (Å²) in [5.41, 5.74) is -2.85. The van der Waals surface area contributed by atoms with Gasteiger partial charge in [-0.2, -0.15) is 21.6 Å². The van der Waals surface area contributed by atoms with E-state index in [1.807, 2.05) is 48.5 Å². The summed E-state index contributed by atoms with van der Waals surface area (Å²) in [7, 11) is -6.11. The van der Waals surface area contributed by atoms with Crippen molar-refractivity contribution in [3.63, 3.8) is 0 Å². The van der Waals surface area contributed by atoms with Crippen LogP contribution in [-0.4, -0.2) is 50.5 Å². The fraction of sp³-hybridized carbons (Fsp3) is 0.314. The van der Waals surface area contributed by atoms with Crippen LogP contribution in [0.5, 0.6) is 0 Å². The van der Waals surface area contributed by atoms with Crippen molar-refractivity contribution in [2.45, 2.75) is 68.2 Å². The Morgan fingerprint density at radius 3 is 1.28 bits per heavy atom. The molecule has 2 fully saturated rings. The summed E-state index contributed by atoms with van der Waals surface area (Å²) < 4.78 is 103. The van der Waals surface area contributed by atoms with Crippen LogP contribution in [0, 0.1) is 0 Å². The molecule has 1 saturated heterocycles. The first-order valence-electron chi connectivity index (χ1n) is 15.0. The third-order valence-corrected chi connectivity index (χ3v) is 9.00. The molecule has 1 aliphatic carbocycles. The van der Waals surface area contributed by atoms with Crippen LogP contribution in [0.15, 0.2) is 121 Å². The first-order valence-corrected chi connectivity index (χ1v) is 16.4. The molecule has 7 atom stereocenters. The molecule has 0 amide bonds. The van der Waals surface area contributed by atoms with Gasteiger partial charge in [0.1, 0.15) is 36.6 Å². The molecule has 2 aliphatic rings. The Kier molecular flexibility index (Phi) is 10.4. The molecule has 248 valence electrons. The Hall–Kier alpha value is -3.62. The summed E-state index contributed by atoms with van der Waals surface area (Å²) in [6.07, 6.45) is -8.83. The highest BCUT2D eigenvalue weighted by Gasteiger charge is 2.62. The third-order valence-electron chi connectivity index (χ3n) is 7.95. The highest BCUT2D eigenvalue weighted by Crippen LogP contribution is 2.44. The second-order valence-corrected chi connectivity index (χ2v) is 12.8. The van der Waals surface area contributed by atoms with Crippen molar-refractivity contribution in [2.24, 2.45) is 0 Å². The van der Waals surface area contributed by atoms with Gasteiger partial charge in [0.05, 0.1) is 19.8 Å². The minimum Gasteiger partial charge on any atom is -0.368 e. The van der Waals surface area contributed by atoms with Crippen molar-refractivity contribution in [2.75, 3.05) is 0 Å². The van der Waals surface area contributed by atoms with Crippen LogP contribution in [0.1, 0.15) is 28.5 Å². The summed E-state index contributed by atoms with van der Waals surface area (Å²) in [5, 5.41) is 0. The Bertz CT molecular complexity index is 1600. The molecule has 12 heteroatoms. The van der Waals surface area contributed by atoms with E-state index in [1.165, 1.54) is 0 Å². The number of ether oxygens (including phenoxy) is 5. The summed E-state index contributed by atoms with van der Waals surface area (Å²) in [5.74, 6) is 0. The maximum absolute atomic E-state index is 13.8. The molecular weight excluding hydrogens is 637 g/mol. The second kappa shape index (κ2) is 14.7. The molecule has 3 unspecified atom stereocenters. The van der Waals surface area contributed by atoms with Crippen LogP contribution >= 0.6 is 0 Å². The molecule has 4 aromatic rings. The molecule has 2 bridgehead atoms. The standard InChI is InChI=1S/C35H33F3O8S/c36-35(37,38)47(39,40)46-33-29(42-22-25-15-7-2-8-16-25)31-28(41-21-24-13-5-1-6-14-24)32(30(33)43-23-26-17-9-3-10-18-26)45-34(44-31)27-19-11-4-12-20-27/h1-20,28-34H,21-23H2/t28?,29-,30+,31+,32-,33?,34?. The Morgan fingerprint density at radius 2 is 0.894 bits per heavy atom. The minimum absolute atomic E-state index is 0.0877. The van der Waals surface area contributed by atoms with E-state index in [0.717, 1.165) is 5.56 Å². The lowest BCUT2D eigenvalue weighted by atomic mass is 9.83. The van der Waals surface area contributed by atoms with Crippen LogP contribution in [-0.2, 0) is 57.8 Å². The van der Waals surface area contributed by atoms with Gasteiger partial charge in [-0.25, -0.2) is 0 Å². The van der Waals surface area contributed by atoms with Gasteiger partial charge in [-0.15, -0.1) is 0 Å². The van der Waals surface area contributed by atoms with Crippen molar-refractivity contribution in [3.05, 3.63) is 144 Å². The van der Waals surface area contributed by atoms with Crippen LogP contribution in [0.3, 0.4) is 0 Å². The quantitative estimate of drug-likeness (QED) is 0.125. The van der Waals surface area contributed by atoms with Crippen molar-refractivity contribution in [1.29, 1.82) is 0 Å². The first-order chi connectivity index (χ1) is 22.7. The SMILES string of the molecule is O=S(=O)(OC1[C@@H](OCc2ccccc2)[C@@H]2OC(c3ccccc3)O[C@@H](C2OCc2ccccc2)[C@H]1OCc1ccccc1)C(F)(F)F. The molecule has 1 aliphatic heterocycles. The Labute approximate surface area is 271 Å². The van der Waals surface area contributed by atoms with Crippen molar-refractivity contribution >= 4 is 10.1 Å². The lowest BCUT2D eigenvalue weighted by molar-refractivity contribution is -0.370. The highest BCUT2D eigenvalue weighted by atomic mass is 32.2. The van der Waals surface area contributed by atoms with E-state index in [9.17, 15) is 21.6 Å². The average Bonchev–Trinajstić information content (AvgIpc) is 3.08. The Morgan fingerprint density at radius 1 is 0.532 bits per heavy atom. The van der Waals surface area contributed by atoms with E-state index < -0.39 is 58.5 Å². The third kappa shape index (κ3) is 7.92. The summed E-state index contributed by atoms with van der Waals surface area (Å²) in [4.78, 5) is 0. The molecule has 0 aromatic heterocycles. The molecule has 4 aromatic carbocycles. The number of halogens is 3. The van der Waals surface area contributed by atoms with Gasteiger partial charge < -0.3 is 23.7 Å². The molecule has 1 saturated carbocycles. The zero-order valence-electron chi connectivity index (χ0n) is 25.0. The maximum Gasteiger partial charge on any atom is 0.523 e. The Balaban J connectivity index is 1.42.